The predicted octanol–water partition coefficient (Wildman–Crippen LogP) is 2.98. The van der Waals surface area contributed by atoms with Crippen LogP contribution in [0.1, 0.15) is 37.6 Å². The number of ether oxygens (including phenoxy) is 1. The summed E-state index contributed by atoms with van der Waals surface area (Å²) >= 11 is 0. The van der Waals surface area contributed by atoms with E-state index < -0.39 is 0 Å². The Labute approximate surface area is 180 Å². The van der Waals surface area contributed by atoms with Crippen molar-refractivity contribution in [1.82, 2.24) is 20.2 Å². The maximum atomic E-state index is 10.0. The van der Waals surface area contributed by atoms with Gasteiger partial charge >= 0.3 is 0 Å². The molecule has 2 saturated heterocycles. The van der Waals surface area contributed by atoms with Gasteiger partial charge in [-0.1, -0.05) is 0 Å². The van der Waals surface area contributed by atoms with Crippen molar-refractivity contribution < 1.29 is 9.84 Å². The van der Waals surface area contributed by atoms with Crippen molar-refractivity contribution >= 4 is 34.4 Å². The Morgan fingerprint density at radius 2 is 2.19 bits per heavy atom. The number of nitrogens with one attached hydrogen (secondary N) is 3. The molecule has 4 N–H and O–H groups in total. The highest BCUT2D eigenvalue weighted by Gasteiger charge is 2.41. The van der Waals surface area contributed by atoms with Crippen LogP contribution in [-0.2, 0) is 11.3 Å². The summed E-state index contributed by atoms with van der Waals surface area (Å²) in [6.07, 6.45) is 6.47. The minimum Gasteiger partial charge on any atom is -0.390 e. The molecular formula is C22H27N7O2. The molecule has 1 aromatic carbocycles. The van der Waals surface area contributed by atoms with Crippen LogP contribution < -0.4 is 10.2 Å². The Morgan fingerprint density at radius 1 is 1.35 bits per heavy atom. The van der Waals surface area contributed by atoms with Gasteiger partial charge in [-0.05, 0) is 49.8 Å². The zero-order chi connectivity index (χ0) is 21.4. The van der Waals surface area contributed by atoms with Crippen LogP contribution in [-0.4, -0.2) is 57.3 Å². The SMILES string of the molecule is C[C@H]1CC2(CCN(c3nc(C=N)c(Nc4ccc5cn[nH]c5c4)nc3CO)CC2)CO1. The summed E-state index contributed by atoms with van der Waals surface area (Å²) < 4.78 is 5.83. The molecule has 0 unspecified atom stereocenters. The molecule has 0 amide bonds. The third-order valence-corrected chi connectivity index (χ3v) is 6.48. The minimum atomic E-state index is -0.212. The van der Waals surface area contributed by atoms with Crippen molar-refractivity contribution in [3.05, 3.63) is 35.8 Å². The smallest absolute Gasteiger partial charge is 0.158 e. The van der Waals surface area contributed by atoms with Crippen molar-refractivity contribution in [2.24, 2.45) is 5.41 Å². The molecule has 2 fully saturated rings. The van der Waals surface area contributed by atoms with Gasteiger partial charge in [0.2, 0.25) is 0 Å². The normalized spacial score (nSPS) is 20.5. The number of piperidine rings is 1. The summed E-state index contributed by atoms with van der Waals surface area (Å²) in [6.45, 7) is 4.45. The number of aromatic nitrogens is 4. The third-order valence-electron chi connectivity index (χ3n) is 6.48. The molecule has 2 aliphatic heterocycles. The van der Waals surface area contributed by atoms with E-state index in [1.54, 1.807) is 6.20 Å². The van der Waals surface area contributed by atoms with E-state index in [1.807, 2.05) is 18.2 Å². The average molecular weight is 422 g/mol. The molecule has 0 saturated carbocycles. The average Bonchev–Trinajstić information content (AvgIpc) is 3.40. The molecule has 5 rings (SSSR count). The highest BCUT2D eigenvalue weighted by Crippen LogP contribution is 2.42. The first kappa shape index (κ1) is 19.9. The van der Waals surface area contributed by atoms with Gasteiger partial charge in [-0.15, -0.1) is 0 Å². The Balaban J connectivity index is 1.40. The zero-order valence-corrected chi connectivity index (χ0v) is 17.6. The number of hydrogen-bond acceptors (Lipinski definition) is 8. The van der Waals surface area contributed by atoms with Gasteiger partial charge < -0.3 is 25.5 Å². The first-order valence-corrected chi connectivity index (χ1v) is 10.7. The quantitative estimate of drug-likeness (QED) is 0.467. The molecule has 3 aromatic rings. The summed E-state index contributed by atoms with van der Waals surface area (Å²) in [5.74, 6) is 1.12. The summed E-state index contributed by atoms with van der Waals surface area (Å²) in [5, 5.41) is 29.1. The van der Waals surface area contributed by atoms with Crippen LogP contribution in [0.3, 0.4) is 0 Å². The van der Waals surface area contributed by atoms with Crippen LogP contribution in [0.5, 0.6) is 0 Å². The summed E-state index contributed by atoms with van der Waals surface area (Å²) in [5.41, 5.74) is 2.93. The topological polar surface area (TPSA) is 123 Å². The van der Waals surface area contributed by atoms with Gasteiger partial charge in [-0.2, -0.15) is 5.10 Å². The molecule has 1 atom stereocenters. The second-order valence-corrected chi connectivity index (χ2v) is 8.64. The molecule has 9 heteroatoms. The number of hydrogen-bond donors (Lipinski definition) is 4. The molecule has 9 nitrogen and oxygen atoms in total. The second kappa shape index (κ2) is 7.90. The van der Waals surface area contributed by atoms with Crippen molar-refractivity contribution in [2.45, 2.75) is 38.9 Å². The Bertz CT molecular complexity index is 1100. The third kappa shape index (κ3) is 3.75. The van der Waals surface area contributed by atoms with Crippen molar-refractivity contribution in [1.29, 1.82) is 5.41 Å². The lowest BCUT2D eigenvalue weighted by atomic mass is 9.77. The number of nitrogens with zero attached hydrogens (tertiary/aromatic N) is 4. The Morgan fingerprint density at radius 3 is 2.90 bits per heavy atom. The number of fused-ring (bicyclic) bond motifs is 1. The number of H-pyrrole nitrogens is 1. The zero-order valence-electron chi connectivity index (χ0n) is 17.6. The lowest BCUT2D eigenvalue weighted by Crippen LogP contribution is -2.41. The van der Waals surface area contributed by atoms with Crippen LogP contribution in [0, 0.1) is 10.8 Å². The fraction of sp³-hybridized carbons (Fsp3) is 0.455. The second-order valence-electron chi connectivity index (χ2n) is 8.64. The number of aromatic amines is 1. The highest BCUT2D eigenvalue weighted by atomic mass is 16.5. The van der Waals surface area contributed by atoms with Crippen molar-refractivity contribution in [3.63, 3.8) is 0 Å². The maximum absolute atomic E-state index is 10.0. The van der Waals surface area contributed by atoms with E-state index in [4.69, 9.17) is 15.1 Å². The van der Waals surface area contributed by atoms with Gasteiger partial charge in [0, 0.05) is 30.4 Å². The number of anilines is 3. The molecule has 0 aliphatic carbocycles. The van der Waals surface area contributed by atoms with Crippen LogP contribution in [0.25, 0.3) is 10.9 Å². The van der Waals surface area contributed by atoms with Crippen LogP contribution in [0.15, 0.2) is 24.4 Å². The van der Waals surface area contributed by atoms with Gasteiger partial charge in [0.1, 0.15) is 11.4 Å². The fourth-order valence-electron chi connectivity index (χ4n) is 4.77. The monoisotopic (exact) mass is 421 g/mol. The number of benzene rings is 1. The van der Waals surface area contributed by atoms with Crippen molar-refractivity contribution in [3.8, 4) is 0 Å². The van der Waals surface area contributed by atoms with E-state index >= 15 is 0 Å². The van der Waals surface area contributed by atoms with Gasteiger partial charge in [0.15, 0.2) is 11.6 Å². The van der Waals surface area contributed by atoms with E-state index in [0.717, 1.165) is 55.5 Å². The van der Waals surface area contributed by atoms with E-state index in [2.05, 4.69) is 32.3 Å². The van der Waals surface area contributed by atoms with Crippen LogP contribution in [0.4, 0.5) is 17.3 Å². The molecule has 0 radical (unpaired) electrons. The number of aliphatic hydroxyl groups is 1. The lowest BCUT2D eigenvalue weighted by Gasteiger charge is -2.39. The van der Waals surface area contributed by atoms with Crippen LogP contribution >= 0.6 is 0 Å². The largest absolute Gasteiger partial charge is 0.390 e. The van der Waals surface area contributed by atoms with E-state index in [9.17, 15) is 5.11 Å². The summed E-state index contributed by atoms with van der Waals surface area (Å²) in [6, 6.07) is 5.81. The highest BCUT2D eigenvalue weighted by molar-refractivity contribution is 5.86. The Kier molecular flexibility index (Phi) is 5.07. The first-order valence-electron chi connectivity index (χ1n) is 10.7. The molecule has 1 spiro atoms. The van der Waals surface area contributed by atoms with Gasteiger partial charge in [-0.25, -0.2) is 9.97 Å². The molecule has 2 aliphatic rings. The Hall–Kier alpha value is -3.04. The molecule has 162 valence electrons. The van der Waals surface area contributed by atoms with E-state index in [1.165, 1.54) is 6.21 Å². The minimum absolute atomic E-state index is 0.212. The predicted molar refractivity (Wildman–Crippen MR) is 119 cm³/mol. The fourth-order valence-corrected chi connectivity index (χ4v) is 4.77. The number of rotatable bonds is 5. The lowest BCUT2D eigenvalue weighted by molar-refractivity contribution is 0.0975. The van der Waals surface area contributed by atoms with Gasteiger partial charge in [0.25, 0.3) is 0 Å². The number of aliphatic hydroxyl groups excluding tert-OH is 1. The van der Waals surface area contributed by atoms with Gasteiger partial charge in [0.05, 0.1) is 31.0 Å². The van der Waals surface area contributed by atoms with E-state index in [0.29, 0.717) is 29.1 Å². The van der Waals surface area contributed by atoms with Crippen LogP contribution in [0.2, 0.25) is 0 Å². The van der Waals surface area contributed by atoms with E-state index in [-0.39, 0.29) is 12.0 Å². The molecule has 4 heterocycles. The standard InChI is InChI=1S/C22H27N7O2/c1-14-9-22(13-31-14)4-6-29(7-5-22)21-19(12-30)26-20(18(10-23)27-21)25-16-3-2-15-11-24-28-17(15)8-16/h2-3,8,10-11,14,23,30H,4-7,9,12-13H2,1H3,(H,24,28)(H,25,26)/t14-/m0/s1. The summed E-state index contributed by atoms with van der Waals surface area (Å²) in [7, 11) is 0. The first-order chi connectivity index (χ1) is 15.1. The molecule has 2 aromatic heterocycles. The molecule has 0 bridgehead atoms. The summed E-state index contributed by atoms with van der Waals surface area (Å²) in [4.78, 5) is 11.5. The van der Waals surface area contributed by atoms with Crippen molar-refractivity contribution in [2.75, 3.05) is 29.9 Å². The molecular weight excluding hydrogens is 394 g/mol. The maximum Gasteiger partial charge on any atom is 0.158 e. The van der Waals surface area contributed by atoms with Gasteiger partial charge in [-0.3, -0.25) is 5.10 Å². The molecule has 31 heavy (non-hydrogen) atoms.